The molecule has 4 heteroatoms. The lowest BCUT2D eigenvalue weighted by Gasteiger charge is -2.21. The van der Waals surface area contributed by atoms with E-state index in [-0.39, 0.29) is 12.4 Å². The number of aromatic nitrogens is 1. The molecular weight excluding hydrogens is 258 g/mol. The normalized spacial score (nSPS) is 16.6. The predicted octanol–water partition coefficient (Wildman–Crippen LogP) is 3.19. The van der Waals surface area contributed by atoms with Crippen LogP contribution in [0.2, 0.25) is 0 Å². The fourth-order valence-corrected chi connectivity index (χ4v) is 3.75. The van der Waals surface area contributed by atoms with Crippen molar-refractivity contribution in [2.24, 2.45) is 0 Å². The van der Waals surface area contributed by atoms with Crippen LogP contribution in [0.25, 0.3) is 11.3 Å². The fourth-order valence-electron chi connectivity index (χ4n) is 2.55. The van der Waals surface area contributed by atoms with Crippen molar-refractivity contribution in [1.29, 1.82) is 0 Å². The molecule has 2 aromatic rings. The number of carbonyl (C=O) groups is 1. The second kappa shape index (κ2) is 4.78. The van der Waals surface area contributed by atoms with Gasteiger partial charge in [0, 0.05) is 10.4 Å². The zero-order valence-corrected chi connectivity index (χ0v) is 11.8. The van der Waals surface area contributed by atoms with E-state index in [1.54, 1.807) is 11.3 Å². The Hall–Kier alpha value is -1.68. The Morgan fingerprint density at radius 3 is 3.05 bits per heavy atom. The van der Waals surface area contributed by atoms with Crippen molar-refractivity contribution in [3.05, 3.63) is 39.7 Å². The lowest BCUT2D eigenvalue weighted by molar-refractivity contribution is -0.139. The van der Waals surface area contributed by atoms with Crippen molar-refractivity contribution >= 4 is 17.3 Å². The summed E-state index contributed by atoms with van der Waals surface area (Å²) in [5, 5.41) is 0.848. The van der Waals surface area contributed by atoms with Gasteiger partial charge in [0.05, 0.1) is 19.2 Å². The smallest absolute Gasteiger partial charge is 0.312 e. The molecule has 0 aliphatic heterocycles. The highest BCUT2D eigenvalue weighted by molar-refractivity contribution is 7.12. The first-order chi connectivity index (χ1) is 9.19. The summed E-state index contributed by atoms with van der Waals surface area (Å²) in [4.78, 5) is 17.3. The zero-order chi connectivity index (χ0) is 13.4. The topological polar surface area (TPSA) is 39.2 Å². The number of carbonyl (C=O) groups excluding carboxylic acids is 1. The molecule has 0 saturated carbocycles. The van der Waals surface area contributed by atoms with Crippen LogP contribution in [0.5, 0.6) is 0 Å². The summed E-state index contributed by atoms with van der Waals surface area (Å²) in [5.41, 5.74) is 3.62. The van der Waals surface area contributed by atoms with E-state index in [0.29, 0.717) is 5.92 Å². The van der Waals surface area contributed by atoms with Gasteiger partial charge in [0.15, 0.2) is 0 Å². The summed E-state index contributed by atoms with van der Waals surface area (Å²) < 4.78 is 4.70. The van der Waals surface area contributed by atoms with Crippen molar-refractivity contribution in [3.63, 3.8) is 0 Å². The summed E-state index contributed by atoms with van der Waals surface area (Å²) in [6, 6.07) is 8.40. The number of hydrogen-bond donors (Lipinski definition) is 0. The second-order valence-electron chi connectivity index (χ2n) is 4.82. The van der Waals surface area contributed by atoms with Crippen molar-refractivity contribution in [2.75, 3.05) is 7.11 Å². The molecule has 1 heterocycles. The monoisotopic (exact) mass is 273 g/mol. The average Bonchev–Trinajstić information content (AvgIpc) is 2.81. The quantitative estimate of drug-likeness (QED) is 0.789. The number of rotatable bonds is 2. The minimum atomic E-state index is -0.229. The number of hydrogen-bond acceptors (Lipinski definition) is 4. The van der Waals surface area contributed by atoms with E-state index < -0.39 is 0 Å². The van der Waals surface area contributed by atoms with Crippen molar-refractivity contribution in [3.8, 4) is 11.3 Å². The average molecular weight is 273 g/mol. The molecule has 1 unspecified atom stereocenters. The van der Waals surface area contributed by atoms with Crippen LogP contribution < -0.4 is 0 Å². The largest absolute Gasteiger partial charge is 0.469 e. The van der Waals surface area contributed by atoms with Crippen LogP contribution in [-0.2, 0) is 22.4 Å². The molecule has 1 aromatic heterocycles. The number of esters is 1. The molecule has 1 atom stereocenters. The Balaban J connectivity index is 2.02. The summed E-state index contributed by atoms with van der Waals surface area (Å²) in [5.74, 6) is 0.280. The Kier molecular flexibility index (Phi) is 3.11. The number of fused-ring (bicyclic) bond motifs is 3. The van der Waals surface area contributed by atoms with Gasteiger partial charge in [0.1, 0.15) is 5.01 Å². The highest BCUT2D eigenvalue weighted by Crippen LogP contribution is 2.41. The molecule has 1 aliphatic carbocycles. The molecule has 0 N–H and O–H groups in total. The van der Waals surface area contributed by atoms with Gasteiger partial charge in [-0.3, -0.25) is 4.79 Å². The molecule has 0 bridgehead atoms. The van der Waals surface area contributed by atoms with Gasteiger partial charge in [-0.2, -0.15) is 0 Å². The van der Waals surface area contributed by atoms with Gasteiger partial charge in [0.2, 0.25) is 0 Å². The molecule has 1 aromatic carbocycles. The fraction of sp³-hybridized carbons (Fsp3) is 0.333. The maximum Gasteiger partial charge on any atom is 0.312 e. The van der Waals surface area contributed by atoms with Crippen LogP contribution in [0.1, 0.15) is 28.3 Å². The SMILES string of the molecule is COC(=O)Cc1nc2c(s1)CC(C)c1ccccc1-2. The van der Waals surface area contributed by atoms with Crippen LogP contribution in [0.3, 0.4) is 0 Å². The second-order valence-corrected chi connectivity index (χ2v) is 5.99. The molecule has 0 spiro atoms. The van der Waals surface area contributed by atoms with Crippen LogP contribution in [0, 0.1) is 0 Å². The first-order valence-corrected chi connectivity index (χ1v) is 7.15. The maximum atomic E-state index is 11.3. The number of methoxy groups -OCH3 is 1. The minimum absolute atomic E-state index is 0.229. The Morgan fingerprint density at radius 1 is 1.47 bits per heavy atom. The van der Waals surface area contributed by atoms with Crippen LogP contribution in [0.4, 0.5) is 0 Å². The predicted molar refractivity (Wildman–Crippen MR) is 75.4 cm³/mol. The van der Waals surface area contributed by atoms with Gasteiger partial charge in [-0.25, -0.2) is 4.98 Å². The van der Waals surface area contributed by atoms with Crippen LogP contribution in [0.15, 0.2) is 24.3 Å². The number of ether oxygens (including phenoxy) is 1. The lowest BCUT2D eigenvalue weighted by atomic mass is 9.86. The molecule has 3 nitrogen and oxygen atoms in total. The highest BCUT2D eigenvalue weighted by Gasteiger charge is 2.25. The van der Waals surface area contributed by atoms with Crippen molar-refractivity contribution in [1.82, 2.24) is 4.98 Å². The third kappa shape index (κ3) is 2.16. The minimum Gasteiger partial charge on any atom is -0.469 e. The Labute approximate surface area is 116 Å². The molecule has 1 aliphatic rings. The van der Waals surface area contributed by atoms with E-state index in [4.69, 9.17) is 4.74 Å². The van der Waals surface area contributed by atoms with E-state index in [9.17, 15) is 4.79 Å². The molecule has 3 rings (SSSR count). The van der Waals surface area contributed by atoms with Gasteiger partial charge >= 0.3 is 5.97 Å². The standard InChI is InChI=1S/C15H15NO2S/c1-9-7-12-15(11-6-4-3-5-10(9)11)16-13(19-12)8-14(17)18-2/h3-6,9H,7-8H2,1-2H3. The first-order valence-electron chi connectivity index (χ1n) is 6.33. The lowest BCUT2D eigenvalue weighted by Crippen LogP contribution is -2.06. The highest BCUT2D eigenvalue weighted by atomic mass is 32.1. The third-order valence-corrected chi connectivity index (χ3v) is 4.58. The van der Waals surface area contributed by atoms with Gasteiger partial charge in [0.25, 0.3) is 0 Å². The van der Waals surface area contributed by atoms with Gasteiger partial charge in [-0.15, -0.1) is 11.3 Å². The molecule has 0 fully saturated rings. The van der Waals surface area contributed by atoms with Crippen LogP contribution >= 0.6 is 11.3 Å². The van der Waals surface area contributed by atoms with Gasteiger partial charge < -0.3 is 4.74 Å². The summed E-state index contributed by atoms with van der Waals surface area (Å²) >= 11 is 1.63. The molecule has 0 radical (unpaired) electrons. The number of nitrogens with zero attached hydrogens (tertiary/aromatic N) is 1. The van der Waals surface area contributed by atoms with Crippen molar-refractivity contribution in [2.45, 2.75) is 25.7 Å². The third-order valence-electron chi connectivity index (χ3n) is 3.50. The van der Waals surface area contributed by atoms with E-state index >= 15 is 0 Å². The molecule has 0 saturated heterocycles. The summed E-state index contributed by atoms with van der Waals surface area (Å²) in [7, 11) is 1.41. The molecular formula is C15H15NO2S. The Bertz CT molecular complexity index is 633. The molecule has 98 valence electrons. The van der Waals surface area contributed by atoms with E-state index in [1.165, 1.54) is 23.1 Å². The first kappa shape index (κ1) is 12.4. The van der Waals surface area contributed by atoms with E-state index in [1.807, 2.05) is 6.07 Å². The summed E-state index contributed by atoms with van der Waals surface area (Å²) in [6.45, 7) is 2.24. The number of thiazole rings is 1. The van der Waals surface area contributed by atoms with E-state index in [0.717, 1.165) is 17.1 Å². The Morgan fingerprint density at radius 2 is 2.26 bits per heavy atom. The van der Waals surface area contributed by atoms with Crippen LogP contribution in [-0.4, -0.2) is 18.1 Å². The molecule has 19 heavy (non-hydrogen) atoms. The van der Waals surface area contributed by atoms with Gasteiger partial charge in [-0.05, 0) is 17.9 Å². The number of benzene rings is 1. The zero-order valence-electron chi connectivity index (χ0n) is 11.0. The summed E-state index contributed by atoms with van der Waals surface area (Å²) in [6.07, 6.45) is 1.27. The van der Waals surface area contributed by atoms with Crippen molar-refractivity contribution < 1.29 is 9.53 Å². The van der Waals surface area contributed by atoms with E-state index in [2.05, 4.69) is 30.1 Å². The maximum absolute atomic E-state index is 11.3. The molecule has 0 amide bonds. The van der Waals surface area contributed by atoms with Gasteiger partial charge in [-0.1, -0.05) is 31.2 Å².